The number of thiophene rings is 1. The van der Waals surface area contributed by atoms with Gasteiger partial charge in [0.05, 0.1) is 24.2 Å². The van der Waals surface area contributed by atoms with Gasteiger partial charge < -0.3 is 14.9 Å². The zero-order valence-electron chi connectivity index (χ0n) is 18.9. The topological polar surface area (TPSA) is 83.8 Å². The fourth-order valence-corrected chi connectivity index (χ4v) is 7.43. The van der Waals surface area contributed by atoms with E-state index in [1.165, 1.54) is 33.8 Å². The van der Waals surface area contributed by atoms with Crippen molar-refractivity contribution in [1.29, 1.82) is 0 Å². The van der Waals surface area contributed by atoms with Crippen LogP contribution in [0.3, 0.4) is 0 Å². The number of aliphatic hydroxyl groups is 2. The molecule has 1 unspecified atom stereocenters. The SMILES string of the molecule is COC(=O)CSCCCS[C@H]1C(=O)C[C@@H](CO)[C@@H]1C=CC(O)CCc1cc2ccccc2s1. The van der Waals surface area contributed by atoms with Crippen LogP contribution in [-0.4, -0.2) is 64.3 Å². The molecule has 0 spiro atoms. The van der Waals surface area contributed by atoms with Crippen LogP contribution in [0.25, 0.3) is 10.1 Å². The average molecular weight is 509 g/mol. The van der Waals surface area contributed by atoms with E-state index in [9.17, 15) is 19.8 Å². The highest BCUT2D eigenvalue weighted by atomic mass is 32.2. The molecule has 1 aromatic carbocycles. The zero-order valence-corrected chi connectivity index (χ0v) is 21.3. The zero-order chi connectivity index (χ0) is 23.6. The predicted molar refractivity (Wildman–Crippen MR) is 139 cm³/mol. The van der Waals surface area contributed by atoms with Crippen molar-refractivity contribution in [2.75, 3.05) is 31.0 Å². The molecule has 5 nitrogen and oxygen atoms in total. The second-order valence-corrected chi connectivity index (χ2v) is 11.7. The van der Waals surface area contributed by atoms with Crippen molar-refractivity contribution < 1.29 is 24.5 Å². The number of aryl methyl sites for hydroxylation is 1. The third-order valence-corrected chi connectivity index (χ3v) is 9.46. The second kappa shape index (κ2) is 13.5. The lowest BCUT2D eigenvalue weighted by molar-refractivity contribution is -0.137. The molecule has 0 radical (unpaired) electrons. The molecular weight excluding hydrogens is 476 g/mol. The molecule has 180 valence electrons. The van der Waals surface area contributed by atoms with E-state index >= 15 is 0 Å². The summed E-state index contributed by atoms with van der Waals surface area (Å²) in [4.78, 5) is 25.0. The molecule has 0 aliphatic heterocycles. The van der Waals surface area contributed by atoms with Crippen LogP contribution in [-0.2, 0) is 20.7 Å². The van der Waals surface area contributed by atoms with Crippen LogP contribution in [0.15, 0.2) is 42.5 Å². The number of hydrogen-bond acceptors (Lipinski definition) is 8. The number of carbonyl (C=O) groups is 2. The molecule has 0 bridgehead atoms. The highest BCUT2D eigenvalue weighted by Gasteiger charge is 2.40. The van der Waals surface area contributed by atoms with Crippen molar-refractivity contribution in [2.45, 2.75) is 37.0 Å². The van der Waals surface area contributed by atoms with Gasteiger partial charge >= 0.3 is 5.97 Å². The van der Waals surface area contributed by atoms with Crippen molar-refractivity contribution in [2.24, 2.45) is 11.8 Å². The van der Waals surface area contributed by atoms with Gasteiger partial charge in [0.2, 0.25) is 0 Å². The summed E-state index contributed by atoms with van der Waals surface area (Å²) in [5.41, 5.74) is 0. The lowest BCUT2D eigenvalue weighted by atomic mass is 9.95. The molecule has 1 aliphatic rings. The molecule has 3 rings (SSSR count). The molecule has 33 heavy (non-hydrogen) atoms. The number of thioether (sulfide) groups is 2. The summed E-state index contributed by atoms with van der Waals surface area (Å²) in [5, 5.41) is 21.3. The van der Waals surface area contributed by atoms with Gasteiger partial charge in [-0.25, -0.2) is 0 Å². The van der Waals surface area contributed by atoms with Gasteiger partial charge in [0.15, 0.2) is 0 Å². The number of methoxy groups -OCH3 is 1. The molecule has 1 aliphatic carbocycles. The van der Waals surface area contributed by atoms with Crippen molar-refractivity contribution in [3.8, 4) is 0 Å². The molecule has 1 fully saturated rings. The molecule has 1 saturated carbocycles. The normalized spacial score (nSPS) is 21.8. The summed E-state index contributed by atoms with van der Waals surface area (Å²) < 4.78 is 5.89. The Labute approximate surface area is 208 Å². The summed E-state index contributed by atoms with van der Waals surface area (Å²) >= 11 is 4.92. The van der Waals surface area contributed by atoms with E-state index in [1.54, 1.807) is 29.2 Å². The van der Waals surface area contributed by atoms with Crippen molar-refractivity contribution >= 4 is 56.7 Å². The number of ketones is 1. The van der Waals surface area contributed by atoms with Crippen LogP contribution < -0.4 is 0 Å². The Morgan fingerprint density at radius 1 is 1.33 bits per heavy atom. The number of esters is 1. The van der Waals surface area contributed by atoms with E-state index in [0.717, 1.165) is 24.3 Å². The number of Topliss-reactive ketones (excluding diaryl/α,β-unsaturated/α-hetero) is 1. The number of hydrogen-bond donors (Lipinski definition) is 2. The van der Waals surface area contributed by atoms with E-state index in [1.807, 2.05) is 18.2 Å². The van der Waals surface area contributed by atoms with Gasteiger partial charge in [-0.2, -0.15) is 11.8 Å². The molecule has 2 aromatic rings. The van der Waals surface area contributed by atoms with Crippen LogP contribution in [0.5, 0.6) is 0 Å². The Morgan fingerprint density at radius 2 is 2.15 bits per heavy atom. The highest BCUT2D eigenvalue weighted by molar-refractivity contribution is 8.01. The Bertz CT molecular complexity index is 908. The number of ether oxygens (including phenoxy) is 1. The lowest BCUT2D eigenvalue weighted by Crippen LogP contribution is -2.21. The average Bonchev–Trinajstić information content (AvgIpc) is 3.38. The highest BCUT2D eigenvalue weighted by Crippen LogP contribution is 2.38. The molecular formula is C25H32O5S3. The molecule has 0 saturated heterocycles. The van der Waals surface area contributed by atoms with Gasteiger partial charge in [-0.1, -0.05) is 30.4 Å². The Balaban J connectivity index is 1.47. The maximum Gasteiger partial charge on any atom is 0.315 e. The molecule has 4 atom stereocenters. The van der Waals surface area contributed by atoms with E-state index in [4.69, 9.17) is 0 Å². The van der Waals surface area contributed by atoms with E-state index in [0.29, 0.717) is 18.6 Å². The summed E-state index contributed by atoms with van der Waals surface area (Å²) in [7, 11) is 1.39. The summed E-state index contributed by atoms with van der Waals surface area (Å²) in [6.07, 6.45) is 5.89. The number of benzene rings is 1. The largest absolute Gasteiger partial charge is 0.468 e. The fourth-order valence-electron chi connectivity index (χ4n) is 4.01. The number of carbonyl (C=O) groups excluding carboxylic acids is 2. The number of aliphatic hydroxyl groups excluding tert-OH is 2. The van der Waals surface area contributed by atoms with Gasteiger partial charge in [-0.3, -0.25) is 9.59 Å². The van der Waals surface area contributed by atoms with Gasteiger partial charge in [-0.15, -0.1) is 23.1 Å². The van der Waals surface area contributed by atoms with Crippen molar-refractivity contribution in [1.82, 2.24) is 0 Å². The van der Waals surface area contributed by atoms with Crippen LogP contribution in [0.2, 0.25) is 0 Å². The van der Waals surface area contributed by atoms with Gasteiger partial charge in [0.1, 0.15) is 5.78 Å². The first-order valence-electron chi connectivity index (χ1n) is 11.3. The summed E-state index contributed by atoms with van der Waals surface area (Å²) in [6, 6.07) is 10.5. The number of fused-ring (bicyclic) bond motifs is 1. The number of allylic oxidation sites excluding steroid dienone is 1. The number of rotatable bonds is 13. The predicted octanol–water partition coefficient (Wildman–Crippen LogP) is 4.35. The smallest absolute Gasteiger partial charge is 0.315 e. The Morgan fingerprint density at radius 3 is 2.91 bits per heavy atom. The van der Waals surface area contributed by atoms with Gasteiger partial charge in [0.25, 0.3) is 0 Å². The third kappa shape index (κ3) is 7.86. The molecule has 1 heterocycles. The first-order chi connectivity index (χ1) is 16.0. The minimum absolute atomic E-state index is 0.0231. The van der Waals surface area contributed by atoms with Crippen molar-refractivity contribution in [3.63, 3.8) is 0 Å². The molecule has 2 N–H and O–H groups in total. The molecule has 0 amide bonds. The van der Waals surface area contributed by atoms with Crippen LogP contribution in [0, 0.1) is 11.8 Å². The third-order valence-electron chi connectivity index (χ3n) is 5.81. The minimum Gasteiger partial charge on any atom is -0.468 e. The first-order valence-corrected chi connectivity index (χ1v) is 14.3. The van der Waals surface area contributed by atoms with Crippen LogP contribution in [0.4, 0.5) is 0 Å². The molecule has 8 heteroatoms. The maximum atomic E-state index is 12.5. The van der Waals surface area contributed by atoms with Gasteiger partial charge in [-0.05, 0) is 54.2 Å². The van der Waals surface area contributed by atoms with E-state index in [-0.39, 0.29) is 35.4 Å². The van der Waals surface area contributed by atoms with E-state index in [2.05, 4.69) is 22.9 Å². The summed E-state index contributed by atoms with van der Waals surface area (Å²) in [5.74, 6) is 1.81. The van der Waals surface area contributed by atoms with E-state index < -0.39 is 6.10 Å². The minimum atomic E-state index is -0.578. The lowest BCUT2D eigenvalue weighted by Gasteiger charge is -2.19. The maximum absolute atomic E-state index is 12.5. The Hall–Kier alpha value is -1.32. The van der Waals surface area contributed by atoms with Crippen LogP contribution >= 0.6 is 34.9 Å². The van der Waals surface area contributed by atoms with Gasteiger partial charge in [0, 0.05) is 28.5 Å². The first kappa shape index (κ1) is 26.3. The fraction of sp³-hybridized carbons (Fsp3) is 0.520. The Kier molecular flexibility index (Phi) is 10.8. The quantitative estimate of drug-likeness (QED) is 0.236. The monoisotopic (exact) mass is 508 g/mol. The van der Waals surface area contributed by atoms with Crippen LogP contribution in [0.1, 0.15) is 24.1 Å². The van der Waals surface area contributed by atoms with Crippen molar-refractivity contribution in [3.05, 3.63) is 47.4 Å². The standard InChI is InChI=1S/C25H32O5S3/c1-30-24(29)16-31-11-4-12-32-25-21(18(15-26)14-22(25)28)10-8-19(27)7-9-20-13-17-5-2-3-6-23(17)33-20/h2-3,5-6,8,10,13,18-19,21,25-27H,4,7,9,11-12,14-16H2,1H3/t18-,19?,21-,25+/m0/s1. The molecule has 1 aromatic heterocycles. The second-order valence-electron chi connectivity index (χ2n) is 8.21. The summed E-state index contributed by atoms with van der Waals surface area (Å²) in [6.45, 7) is -0.0231.